The lowest BCUT2D eigenvalue weighted by atomic mass is 10.1. The lowest BCUT2D eigenvalue weighted by Gasteiger charge is -2.12. The average Bonchev–Trinajstić information content (AvgIpc) is 2.37. The second kappa shape index (κ2) is 5.89. The predicted octanol–water partition coefficient (Wildman–Crippen LogP) is 3.90. The largest absolute Gasteiger partial charge is 0.489 e. The second-order valence-corrected chi connectivity index (χ2v) is 5.09. The SMILES string of the molecule is Cc1cccc(COc2ccc([C@@H](C)N)cc2C)c1. The van der Waals surface area contributed by atoms with Crippen LogP contribution in [0.5, 0.6) is 5.75 Å². The highest BCUT2D eigenvalue weighted by Crippen LogP contribution is 2.22. The van der Waals surface area contributed by atoms with Crippen molar-refractivity contribution in [2.75, 3.05) is 0 Å². The maximum atomic E-state index is 5.87. The van der Waals surface area contributed by atoms with E-state index < -0.39 is 0 Å². The molecule has 0 radical (unpaired) electrons. The molecule has 100 valence electrons. The van der Waals surface area contributed by atoms with Crippen LogP contribution in [0.4, 0.5) is 0 Å². The monoisotopic (exact) mass is 255 g/mol. The molecule has 2 nitrogen and oxygen atoms in total. The van der Waals surface area contributed by atoms with Crippen LogP contribution < -0.4 is 10.5 Å². The van der Waals surface area contributed by atoms with Crippen molar-refractivity contribution in [2.45, 2.75) is 33.4 Å². The Bertz CT molecular complexity index is 561. The third-order valence-corrected chi connectivity index (χ3v) is 3.20. The van der Waals surface area contributed by atoms with Crippen molar-refractivity contribution in [3.8, 4) is 5.75 Å². The molecule has 19 heavy (non-hydrogen) atoms. The van der Waals surface area contributed by atoms with Gasteiger partial charge in [-0.15, -0.1) is 0 Å². The maximum absolute atomic E-state index is 5.87. The number of hydrogen-bond donors (Lipinski definition) is 1. The van der Waals surface area contributed by atoms with E-state index in [2.05, 4.69) is 44.2 Å². The lowest BCUT2D eigenvalue weighted by molar-refractivity contribution is 0.304. The van der Waals surface area contributed by atoms with Crippen molar-refractivity contribution in [1.82, 2.24) is 0 Å². The molecule has 1 atom stereocenters. The molecule has 0 aliphatic rings. The number of rotatable bonds is 4. The van der Waals surface area contributed by atoms with Crippen molar-refractivity contribution >= 4 is 0 Å². The zero-order valence-corrected chi connectivity index (χ0v) is 11.8. The quantitative estimate of drug-likeness (QED) is 0.899. The lowest BCUT2D eigenvalue weighted by Crippen LogP contribution is -2.05. The van der Waals surface area contributed by atoms with Gasteiger partial charge in [-0.25, -0.2) is 0 Å². The highest BCUT2D eigenvalue weighted by Gasteiger charge is 2.04. The molecule has 0 aromatic heterocycles. The van der Waals surface area contributed by atoms with Gasteiger partial charge in [-0.2, -0.15) is 0 Å². The number of nitrogens with two attached hydrogens (primary N) is 1. The van der Waals surface area contributed by atoms with Gasteiger partial charge in [0.1, 0.15) is 12.4 Å². The molecule has 0 saturated heterocycles. The van der Waals surface area contributed by atoms with Gasteiger partial charge in [0, 0.05) is 6.04 Å². The number of aryl methyl sites for hydroxylation is 2. The molecule has 2 aromatic carbocycles. The number of benzene rings is 2. The molecule has 0 fully saturated rings. The van der Waals surface area contributed by atoms with Gasteiger partial charge in [-0.1, -0.05) is 42.0 Å². The second-order valence-electron chi connectivity index (χ2n) is 5.09. The highest BCUT2D eigenvalue weighted by atomic mass is 16.5. The summed E-state index contributed by atoms with van der Waals surface area (Å²) in [5.41, 5.74) is 10.6. The van der Waals surface area contributed by atoms with Crippen molar-refractivity contribution in [3.05, 3.63) is 64.7 Å². The van der Waals surface area contributed by atoms with Crippen LogP contribution in [-0.2, 0) is 6.61 Å². The van der Waals surface area contributed by atoms with Gasteiger partial charge in [0.2, 0.25) is 0 Å². The molecule has 2 heteroatoms. The van der Waals surface area contributed by atoms with Crippen LogP contribution >= 0.6 is 0 Å². The Morgan fingerprint density at radius 3 is 2.53 bits per heavy atom. The van der Waals surface area contributed by atoms with Crippen LogP contribution in [0.3, 0.4) is 0 Å². The first-order chi connectivity index (χ1) is 9.06. The molecule has 0 saturated carbocycles. The minimum absolute atomic E-state index is 0.0597. The summed E-state index contributed by atoms with van der Waals surface area (Å²) in [5.74, 6) is 0.922. The Hall–Kier alpha value is -1.80. The zero-order valence-electron chi connectivity index (χ0n) is 11.8. The summed E-state index contributed by atoms with van der Waals surface area (Å²) in [6.45, 7) is 6.73. The van der Waals surface area contributed by atoms with Crippen molar-refractivity contribution < 1.29 is 4.74 Å². The first-order valence-electron chi connectivity index (χ1n) is 6.61. The molecule has 0 unspecified atom stereocenters. The van der Waals surface area contributed by atoms with Crippen LogP contribution in [0.25, 0.3) is 0 Å². The Kier molecular flexibility index (Phi) is 4.23. The van der Waals surface area contributed by atoms with E-state index >= 15 is 0 Å². The van der Waals surface area contributed by atoms with E-state index in [-0.39, 0.29) is 6.04 Å². The molecular weight excluding hydrogens is 234 g/mol. The minimum atomic E-state index is 0.0597. The Morgan fingerprint density at radius 1 is 1.11 bits per heavy atom. The number of hydrogen-bond acceptors (Lipinski definition) is 2. The minimum Gasteiger partial charge on any atom is -0.489 e. The summed E-state index contributed by atoms with van der Waals surface area (Å²) in [5, 5.41) is 0. The van der Waals surface area contributed by atoms with Gasteiger partial charge < -0.3 is 10.5 Å². The van der Waals surface area contributed by atoms with Crippen LogP contribution in [0.2, 0.25) is 0 Å². The van der Waals surface area contributed by atoms with E-state index in [1.54, 1.807) is 0 Å². The summed E-state index contributed by atoms with van der Waals surface area (Å²) >= 11 is 0. The molecule has 0 heterocycles. The Morgan fingerprint density at radius 2 is 1.89 bits per heavy atom. The highest BCUT2D eigenvalue weighted by molar-refractivity contribution is 5.37. The van der Waals surface area contributed by atoms with Gasteiger partial charge in [0.15, 0.2) is 0 Å². The molecule has 0 amide bonds. The van der Waals surface area contributed by atoms with Crippen molar-refractivity contribution in [2.24, 2.45) is 5.73 Å². The Balaban J connectivity index is 2.07. The summed E-state index contributed by atoms with van der Waals surface area (Å²) in [7, 11) is 0. The first-order valence-corrected chi connectivity index (χ1v) is 6.61. The standard InChI is InChI=1S/C17H21NO/c1-12-5-4-6-15(9-12)11-19-17-8-7-16(14(3)18)10-13(17)2/h4-10,14H,11,18H2,1-3H3/t14-/m1/s1. The average molecular weight is 255 g/mol. The van der Waals surface area contributed by atoms with Crippen molar-refractivity contribution in [3.63, 3.8) is 0 Å². The summed E-state index contributed by atoms with van der Waals surface area (Å²) in [6, 6.07) is 14.6. The molecule has 2 rings (SSSR count). The first kappa shape index (κ1) is 13.6. The molecule has 2 aromatic rings. The van der Waals surface area contributed by atoms with Crippen LogP contribution in [0, 0.1) is 13.8 Å². The summed E-state index contributed by atoms with van der Waals surface area (Å²) in [4.78, 5) is 0. The Labute approximate surface area is 115 Å². The fourth-order valence-electron chi connectivity index (χ4n) is 2.08. The van der Waals surface area contributed by atoms with Crippen molar-refractivity contribution in [1.29, 1.82) is 0 Å². The summed E-state index contributed by atoms with van der Waals surface area (Å²) in [6.07, 6.45) is 0. The fraction of sp³-hybridized carbons (Fsp3) is 0.294. The molecule has 0 spiro atoms. The summed E-state index contributed by atoms with van der Waals surface area (Å²) < 4.78 is 5.87. The van der Waals surface area contributed by atoms with Crippen LogP contribution in [0.1, 0.15) is 35.2 Å². The van der Waals surface area contributed by atoms with E-state index in [4.69, 9.17) is 10.5 Å². The van der Waals surface area contributed by atoms with Gasteiger partial charge in [-0.05, 0) is 43.5 Å². The topological polar surface area (TPSA) is 35.2 Å². The van der Waals surface area contributed by atoms with Gasteiger partial charge in [-0.3, -0.25) is 0 Å². The fourth-order valence-corrected chi connectivity index (χ4v) is 2.08. The molecule has 2 N–H and O–H groups in total. The molecule has 0 aliphatic heterocycles. The van der Waals surface area contributed by atoms with E-state index in [0.717, 1.165) is 16.9 Å². The van der Waals surface area contributed by atoms with Crippen LogP contribution in [0.15, 0.2) is 42.5 Å². The maximum Gasteiger partial charge on any atom is 0.122 e. The molecule has 0 aliphatic carbocycles. The van der Waals surface area contributed by atoms with Gasteiger partial charge >= 0.3 is 0 Å². The third-order valence-electron chi connectivity index (χ3n) is 3.20. The van der Waals surface area contributed by atoms with Crippen LogP contribution in [-0.4, -0.2) is 0 Å². The normalized spacial score (nSPS) is 12.2. The van der Waals surface area contributed by atoms with E-state index in [0.29, 0.717) is 6.61 Å². The van der Waals surface area contributed by atoms with Gasteiger partial charge in [0.05, 0.1) is 0 Å². The van der Waals surface area contributed by atoms with E-state index in [1.807, 2.05) is 19.1 Å². The molecular formula is C17H21NO. The smallest absolute Gasteiger partial charge is 0.122 e. The number of ether oxygens (including phenoxy) is 1. The van der Waals surface area contributed by atoms with E-state index in [9.17, 15) is 0 Å². The van der Waals surface area contributed by atoms with Gasteiger partial charge in [0.25, 0.3) is 0 Å². The third kappa shape index (κ3) is 3.58. The van der Waals surface area contributed by atoms with E-state index in [1.165, 1.54) is 11.1 Å². The predicted molar refractivity (Wildman–Crippen MR) is 79.3 cm³/mol. The zero-order chi connectivity index (χ0) is 13.8. The molecule has 0 bridgehead atoms.